The SMILES string of the molecule is Cc1ncc2c(-c3ccc(F)cc3C(=O)N3CCOC[C@H]3C)cc(C3CN([C@@H](CCC=O)C(C)C)C3)cn12. The molecule has 2 saturated heterocycles. The van der Waals surface area contributed by atoms with E-state index in [0.29, 0.717) is 55.2 Å². The number of morpholine rings is 1. The van der Waals surface area contributed by atoms with Gasteiger partial charge in [-0.1, -0.05) is 19.9 Å². The minimum atomic E-state index is -0.431. The number of ether oxygens (including phenoxy) is 1. The van der Waals surface area contributed by atoms with Gasteiger partial charge in [-0.3, -0.25) is 9.69 Å². The topological polar surface area (TPSA) is 67.2 Å². The van der Waals surface area contributed by atoms with Gasteiger partial charge in [0.15, 0.2) is 0 Å². The summed E-state index contributed by atoms with van der Waals surface area (Å²) in [6.07, 6.45) is 6.43. The molecule has 8 heteroatoms. The maximum atomic E-state index is 14.5. The first-order chi connectivity index (χ1) is 18.3. The van der Waals surface area contributed by atoms with Gasteiger partial charge >= 0.3 is 0 Å². The Morgan fingerprint density at radius 3 is 2.74 bits per heavy atom. The summed E-state index contributed by atoms with van der Waals surface area (Å²) in [5, 5.41) is 0. The first kappa shape index (κ1) is 26.5. The van der Waals surface area contributed by atoms with E-state index in [2.05, 4.69) is 40.4 Å². The maximum absolute atomic E-state index is 14.5. The van der Waals surface area contributed by atoms with Crippen molar-refractivity contribution in [2.24, 2.45) is 5.92 Å². The van der Waals surface area contributed by atoms with Crippen LogP contribution in [-0.4, -0.2) is 76.3 Å². The molecule has 0 radical (unpaired) electrons. The molecule has 0 bridgehead atoms. The van der Waals surface area contributed by atoms with Crippen molar-refractivity contribution in [1.82, 2.24) is 19.2 Å². The first-order valence-corrected chi connectivity index (χ1v) is 13.6. The molecule has 38 heavy (non-hydrogen) atoms. The smallest absolute Gasteiger partial charge is 0.254 e. The summed E-state index contributed by atoms with van der Waals surface area (Å²) in [6, 6.07) is 6.96. The summed E-state index contributed by atoms with van der Waals surface area (Å²) < 4.78 is 22.1. The molecule has 0 spiro atoms. The van der Waals surface area contributed by atoms with Crippen molar-refractivity contribution in [2.45, 2.75) is 58.5 Å². The molecule has 3 aromatic rings. The van der Waals surface area contributed by atoms with E-state index in [1.54, 1.807) is 11.0 Å². The van der Waals surface area contributed by atoms with Crippen molar-refractivity contribution in [1.29, 1.82) is 0 Å². The fourth-order valence-electron chi connectivity index (χ4n) is 5.96. The summed E-state index contributed by atoms with van der Waals surface area (Å²) in [5.74, 6) is 1.05. The van der Waals surface area contributed by atoms with Crippen LogP contribution in [0.3, 0.4) is 0 Å². The number of benzene rings is 1. The number of aromatic nitrogens is 2. The number of pyridine rings is 1. The highest BCUT2D eigenvalue weighted by molar-refractivity contribution is 6.03. The van der Waals surface area contributed by atoms with Crippen LogP contribution in [0.5, 0.6) is 0 Å². The fraction of sp³-hybridized carbons (Fsp3) is 0.500. The first-order valence-electron chi connectivity index (χ1n) is 13.6. The Hall–Kier alpha value is -3.10. The Kier molecular flexibility index (Phi) is 7.63. The van der Waals surface area contributed by atoms with Gasteiger partial charge in [0.25, 0.3) is 5.91 Å². The standard InChI is InChI=1S/C30H37FN4O3/c1-19(2)28(6-5-10-36)33-15-23(16-33)22-12-26(29-14-32-21(4)35(29)17-22)25-8-7-24(31)13-27(25)30(37)34-9-11-38-18-20(34)3/h7-8,10,12-14,17,19-20,23,28H,5-6,9,11,15-16,18H2,1-4H3/t20-,28+/m1/s1. The molecular weight excluding hydrogens is 483 g/mol. The lowest BCUT2D eigenvalue weighted by Crippen LogP contribution is -2.52. The molecule has 202 valence electrons. The van der Waals surface area contributed by atoms with Crippen molar-refractivity contribution in [3.8, 4) is 11.1 Å². The summed E-state index contributed by atoms with van der Waals surface area (Å²) in [5.41, 5.74) is 4.02. The molecule has 0 aliphatic carbocycles. The van der Waals surface area contributed by atoms with Gasteiger partial charge in [-0.15, -0.1) is 0 Å². The third-order valence-corrected chi connectivity index (χ3v) is 8.18. The zero-order chi connectivity index (χ0) is 27.0. The van der Waals surface area contributed by atoms with Crippen LogP contribution in [0.2, 0.25) is 0 Å². The predicted octanol–water partition coefficient (Wildman–Crippen LogP) is 4.71. The second-order valence-corrected chi connectivity index (χ2v) is 11.1. The predicted molar refractivity (Wildman–Crippen MR) is 145 cm³/mol. The number of hydrogen-bond donors (Lipinski definition) is 0. The van der Waals surface area contributed by atoms with Gasteiger partial charge in [-0.25, -0.2) is 9.37 Å². The quantitative estimate of drug-likeness (QED) is 0.403. The molecule has 2 aromatic heterocycles. The Bertz CT molecular complexity index is 1330. The highest BCUT2D eigenvalue weighted by Crippen LogP contribution is 2.37. The van der Waals surface area contributed by atoms with Crippen molar-refractivity contribution >= 4 is 17.7 Å². The highest BCUT2D eigenvalue weighted by atomic mass is 19.1. The summed E-state index contributed by atoms with van der Waals surface area (Å²) >= 11 is 0. The van der Waals surface area contributed by atoms with Gasteiger partial charge in [0, 0.05) is 49.8 Å². The third kappa shape index (κ3) is 4.99. The lowest BCUT2D eigenvalue weighted by molar-refractivity contribution is -0.108. The lowest BCUT2D eigenvalue weighted by Gasteiger charge is -2.46. The molecule has 7 nitrogen and oxygen atoms in total. The summed E-state index contributed by atoms with van der Waals surface area (Å²) in [4.78, 5) is 33.5. The molecule has 1 aromatic carbocycles. The number of carbonyl (C=O) groups excluding carboxylic acids is 2. The van der Waals surface area contributed by atoms with Gasteiger partial charge in [0.05, 0.1) is 36.5 Å². The van der Waals surface area contributed by atoms with E-state index in [0.717, 1.165) is 42.7 Å². The molecule has 0 N–H and O–H groups in total. The van der Waals surface area contributed by atoms with Gasteiger partial charge < -0.3 is 18.8 Å². The number of amides is 1. The monoisotopic (exact) mass is 520 g/mol. The van der Waals surface area contributed by atoms with Crippen LogP contribution >= 0.6 is 0 Å². The van der Waals surface area contributed by atoms with Crippen LogP contribution < -0.4 is 0 Å². The normalized spacial score (nSPS) is 19.6. The zero-order valence-corrected chi connectivity index (χ0v) is 22.7. The van der Waals surface area contributed by atoms with Crippen molar-refractivity contribution in [3.63, 3.8) is 0 Å². The summed E-state index contributed by atoms with van der Waals surface area (Å²) in [6.45, 7) is 11.6. The molecule has 2 fully saturated rings. The lowest BCUT2D eigenvalue weighted by atomic mass is 9.85. The Morgan fingerprint density at radius 2 is 2.03 bits per heavy atom. The molecule has 0 saturated carbocycles. The van der Waals surface area contributed by atoms with Gasteiger partial charge in [0.2, 0.25) is 0 Å². The molecule has 1 amide bonds. The number of fused-ring (bicyclic) bond motifs is 1. The third-order valence-electron chi connectivity index (χ3n) is 8.18. The molecule has 2 aliphatic heterocycles. The second kappa shape index (κ2) is 10.9. The molecule has 0 unspecified atom stereocenters. The zero-order valence-electron chi connectivity index (χ0n) is 22.7. The number of aldehydes is 1. The van der Waals surface area contributed by atoms with Crippen LogP contribution in [-0.2, 0) is 9.53 Å². The average Bonchev–Trinajstić information content (AvgIpc) is 3.25. The highest BCUT2D eigenvalue weighted by Gasteiger charge is 2.35. The number of halogens is 1. The van der Waals surface area contributed by atoms with Crippen LogP contribution in [0.1, 0.15) is 61.3 Å². The molecule has 5 rings (SSSR count). The minimum absolute atomic E-state index is 0.0787. The number of nitrogens with zero attached hydrogens (tertiary/aromatic N) is 4. The number of likely N-dealkylation sites (tertiary alicyclic amines) is 1. The number of carbonyl (C=O) groups is 2. The number of imidazole rings is 1. The Labute approximate surface area is 223 Å². The Balaban J connectivity index is 1.52. The van der Waals surface area contributed by atoms with E-state index < -0.39 is 5.82 Å². The van der Waals surface area contributed by atoms with E-state index in [-0.39, 0.29) is 11.9 Å². The second-order valence-electron chi connectivity index (χ2n) is 11.1. The number of aryl methyl sites for hydroxylation is 1. The van der Waals surface area contributed by atoms with Crippen molar-refractivity contribution in [3.05, 3.63) is 59.4 Å². The van der Waals surface area contributed by atoms with Gasteiger partial charge in [-0.2, -0.15) is 0 Å². The van der Waals surface area contributed by atoms with E-state index in [9.17, 15) is 14.0 Å². The minimum Gasteiger partial charge on any atom is -0.377 e. The molecule has 4 heterocycles. The van der Waals surface area contributed by atoms with Crippen LogP contribution in [0, 0.1) is 18.7 Å². The van der Waals surface area contributed by atoms with Crippen molar-refractivity contribution in [2.75, 3.05) is 32.8 Å². The molecule has 2 atom stereocenters. The van der Waals surface area contributed by atoms with Crippen LogP contribution in [0.15, 0.2) is 36.7 Å². The number of rotatable bonds is 8. The van der Waals surface area contributed by atoms with Crippen LogP contribution in [0.4, 0.5) is 4.39 Å². The van der Waals surface area contributed by atoms with Gasteiger partial charge in [0.1, 0.15) is 17.9 Å². The maximum Gasteiger partial charge on any atom is 0.254 e. The largest absolute Gasteiger partial charge is 0.377 e. The average molecular weight is 521 g/mol. The number of hydrogen-bond acceptors (Lipinski definition) is 5. The fourth-order valence-corrected chi connectivity index (χ4v) is 5.96. The van der Waals surface area contributed by atoms with Crippen LogP contribution in [0.25, 0.3) is 16.6 Å². The Morgan fingerprint density at radius 1 is 1.24 bits per heavy atom. The van der Waals surface area contributed by atoms with E-state index >= 15 is 0 Å². The molecular formula is C30H37FN4O3. The van der Waals surface area contributed by atoms with Gasteiger partial charge in [-0.05, 0) is 55.5 Å². The summed E-state index contributed by atoms with van der Waals surface area (Å²) in [7, 11) is 0. The van der Waals surface area contributed by atoms with E-state index in [1.165, 1.54) is 17.7 Å². The van der Waals surface area contributed by atoms with E-state index in [1.807, 2.05) is 20.0 Å². The van der Waals surface area contributed by atoms with E-state index in [4.69, 9.17) is 4.74 Å². The van der Waals surface area contributed by atoms with Crippen molar-refractivity contribution < 1.29 is 18.7 Å². The molecule has 2 aliphatic rings.